The zero-order chi connectivity index (χ0) is 26.2. The predicted octanol–water partition coefficient (Wildman–Crippen LogP) is 6.04. The Morgan fingerprint density at radius 2 is 1.92 bits per heavy atom. The second kappa shape index (κ2) is 10.5. The fourth-order valence-corrected chi connectivity index (χ4v) is 6.66. The first kappa shape index (κ1) is 25.8. The third kappa shape index (κ3) is 5.40. The third-order valence-corrected chi connectivity index (χ3v) is 8.28. The molecule has 0 saturated carbocycles. The van der Waals surface area contributed by atoms with Crippen LogP contribution < -0.4 is 14.8 Å². The summed E-state index contributed by atoms with van der Waals surface area (Å²) in [5.74, 6) is 0.969. The number of fused-ring (bicyclic) bond motifs is 3. The van der Waals surface area contributed by atoms with E-state index in [-0.39, 0.29) is 29.5 Å². The lowest BCUT2D eigenvalue weighted by Gasteiger charge is -2.48. The highest BCUT2D eigenvalue weighted by atomic mass is 32.1. The number of ether oxygens (including phenoxy) is 2. The van der Waals surface area contributed by atoms with Gasteiger partial charge in [0.2, 0.25) is 0 Å². The molecule has 1 N–H and O–H groups in total. The molecule has 2 aromatic carbocycles. The summed E-state index contributed by atoms with van der Waals surface area (Å²) < 4.78 is 51.8. The molecule has 0 aliphatic carbocycles. The van der Waals surface area contributed by atoms with Gasteiger partial charge in [0.15, 0.2) is 11.5 Å². The van der Waals surface area contributed by atoms with Gasteiger partial charge in [-0.15, -0.1) is 11.3 Å². The quantitative estimate of drug-likeness (QED) is 0.401. The SMILES string of the molecule is CCOc1ccc(C(=O)NC2CC3CCCC(C2)N3Cc2nc3c(C(F)(F)F)cccc3s2)cc1OC. The smallest absolute Gasteiger partial charge is 0.418 e. The van der Waals surface area contributed by atoms with Gasteiger partial charge in [-0.05, 0) is 62.9 Å². The lowest BCUT2D eigenvalue weighted by Crippen LogP contribution is -2.56. The van der Waals surface area contributed by atoms with Crippen LogP contribution in [0.3, 0.4) is 0 Å². The summed E-state index contributed by atoms with van der Waals surface area (Å²) >= 11 is 1.33. The lowest BCUT2D eigenvalue weighted by molar-refractivity contribution is -0.136. The van der Waals surface area contributed by atoms with Crippen LogP contribution in [0, 0.1) is 0 Å². The van der Waals surface area contributed by atoms with E-state index in [1.807, 2.05) is 6.92 Å². The number of benzene rings is 2. The van der Waals surface area contributed by atoms with Crippen molar-refractivity contribution in [3.8, 4) is 11.5 Å². The van der Waals surface area contributed by atoms with Crippen LogP contribution in [-0.4, -0.2) is 47.6 Å². The number of nitrogens with zero attached hydrogens (tertiary/aromatic N) is 2. The molecule has 198 valence electrons. The highest BCUT2D eigenvalue weighted by Gasteiger charge is 2.39. The van der Waals surface area contributed by atoms with Gasteiger partial charge in [-0.25, -0.2) is 4.98 Å². The number of nitrogens with one attached hydrogen (secondary N) is 1. The standard InChI is InChI=1S/C27H30F3N3O3S/c1-3-36-21-11-10-16(12-22(21)35-2)26(34)31-17-13-18-6-4-7-19(14-17)33(18)15-24-32-25-20(27(28,29)30)8-5-9-23(25)37-24/h5,8-12,17-19H,3-4,6-7,13-15H2,1-2H3,(H,31,34). The molecule has 2 aliphatic rings. The molecular weight excluding hydrogens is 503 g/mol. The van der Waals surface area contributed by atoms with E-state index in [1.54, 1.807) is 31.4 Å². The Kier molecular flexibility index (Phi) is 7.31. The third-order valence-electron chi connectivity index (χ3n) is 7.27. The fraction of sp³-hybridized carbons (Fsp3) is 0.481. The number of hydrogen-bond acceptors (Lipinski definition) is 6. The van der Waals surface area contributed by atoms with E-state index in [1.165, 1.54) is 17.4 Å². The van der Waals surface area contributed by atoms with Crippen LogP contribution in [0.15, 0.2) is 36.4 Å². The molecule has 2 bridgehead atoms. The predicted molar refractivity (Wildman–Crippen MR) is 136 cm³/mol. The minimum Gasteiger partial charge on any atom is -0.493 e. The summed E-state index contributed by atoms with van der Waals surface area (Å²) in [6, 6.07) is 9.94. The van der Waals surface area contributed by atoms with Gasteiger partial charge in [-0.1, -0.05) is 12.5 Å². The number of halogens is 3. The lowest BCUT2D eigenvalue weighted by atomic mass is 9.81. The molecule has 2 saturated heterocycles. The Morgan fingerprint density at radius 3 is 2.59 bits per heavy atom. The number of aromatic nitrogens is 1. The first-order valence-corrected chi connectivity index (χ1v) is 13.4. The number of hydrogen-bond donors (Lipinski definition) is 1. The molecule has 6 nitrogen and oxygen atoms in total. The maximum absolute atomic E-state index is 13.4. The van der Waals surface area contributed by atoms with E-state index in [0.29, 0.717) is 39.9 Å². The van der Waals surface area contributed by atoms with Crippen molar-refractivity contribution in [1.29, 1.82) is 0 Å². The highest BCUT2D eigenvalue weighted by Crippen LogP contribution is 2.39. The number of carbonyl (C=O) groups is 1. The van der Waals surface area contributed by atoms with E-state index < -0.39 is 11.7 Å². The molecule has 3 aromatic rings. The summed E-state index contributed by atoms with van der Waals surface area (Å²) in [6.07, 6.45) is 0.285. The van der Waals surface area contributed by atoms with Gasteiger partial charge in [0.25, 0.3) is 5.91 Å². The average molecular weight is 534 g/mol. The van der Waals surface area contributed by atoms with Gasteiger partial charge >= 0.3 is 6.18 Å². The van der Waals surface area contributed by atoms with E-state index in [4.69, 9.17) is 9.47 Å². The Bertz CT molecular complexity index is 1260. The number of para-hydroxylation sites is 1. The van der Waals surface area contributed by atoms with Crippen LogP contribution in [0.25, 0.3) is 10.2 Å². The Morgan fingerprint density at radius 1 is 1.16 bits per heavy atom. The molecule has 37 heavy (non-hydrogen) atoms. The molecule has 0 spiro atoms. The number of rotatable bonds is 7. The van der Waals surface area contributed by atoms with Crippen molar-refractivity contribution >= 4 is 27.5 Å². The molecule has 1 aromatic heterocycles. The van der Waals surface area contributed by atoms with Crippen molar-refractivity contribution in [2.75, 3.05) is 13.7 Å². The number of alkyl halides is 3. The van der Waals surface area contributed by atoms with Crippen molar-refractivity contribution in [3.05, 3.63) is 52.5 Å². The minimum atomic E-state index is -4.43. The second-order valence-corrected chi connectivity index (χ2v) is 10.7. The van der Waals surface area contributed by atoms with Crippen LogP contribution in [0.5, 0.6) is 11.5 Å². The zero-order valence-electron chi connectivity index (χ0n) is 20.8. The van der Waals surface area contributed by atoms with Gasteiger partial charge in [0, 0.05) is 23.7 Å². The summed E-state index contributed by atoms with van der Waals surface area (Å²) in [5, 5.41) is 3.90. The average Bonchev–Trinajstić information content (AvgIpc) is 3.26. The summed E-state index contributed by atoms with van der Waals surface area (Å²) in [5.41, 5.74) is -0.129. The Labute approximate surface area is 217 Å². The molecule has 2 atom stereocenters. The largest absolute Gasteiger partial charge is 0.493 e. The summed E-state index contributed by atoms with van der Waals surface area (Å²) in [4.78, 5) is 19.8. The van der Waals surface area contributed by atoms with E-state index in [2.05, 4.69) is 15.2 Å². The number of piperidine rings is 2. The van der Waals surface area contributed by atoms with Gasteiger partial charge in [0.05, 0.1) is 36.0 Å². The fourth-order valence-electron chi connectivity index (χ4n) is 5.65. The van der Waals surface area contributed by atoms with Crippen LogP contribution in [0.2, 0.25) is 0 Å². The number of carbonyl (C=O) groups excluding carboxylic acids is 1. The van der Waals surface area contributed by atoms with Crippen LogP contribution in [-0.2, 0) is 12.7 Å². The molecule has 0 radical (unpaired) electrons. The zero-order valence-corrected chi connectivity index (χ0v) is 21.6. The number of amides is 1. The van der Waals surface area contributed by atoms with E-state index in [0.717, 1.165) is 38.2 Å². The van der Waals surface area contributed by atoms with Crippen molar-refractivity contribution in [2.45, 2.75) is 69.9 Å². The van der Waals surface area contributed by atoms with Crippen molar-refractivity contribution in [1.82, 2.24) is 15.2 Å². The van der Waals surface area contributed by atoms with Crippen LogP contribution >= 0.6 is 11.3 Å². The maximum atomic E-state index is 13.4. The molecule has 2 unspecified atom stereocenters. The van der Waals surface area contributed by atoms with Crippen LogP contribution in [0.4, 0.5) is 13.2 Å². The molecule has 2 aliphatic heterocycles. The number of methoxy groups -OCH3 is 1. The van der Waals surface area contributed by atoms with E-state index >= 15 is 0 Å². The van der Waals surface area contributed by atoms with Crippen molar-refractivity contribution in [2.24, 2.45) is 0 Å². The molecule has 2 fully saturated rings. The summed E-state index contributed by atoms with van der Waals surface area (Å²) in [6.45, 7) is 2.92. The van der Waals surface area contributed by atoms with Gasteiger partial charge in [-0.2, -0.15) is 13.2 Å². The van der Waals surface area contributed by atoms with Crippen molar-refractivity contribution in [3.63, 3.8) is 0 Å². The number of thiazole rings is 1. The normalized spacial score (nSPS) is 22.1. The molecule has 10 heteroatoms. The molecule has 1 amide bonds. The second-order valence-electron chi connectivity index (χ2n) is 9.61. The van der Waals surface area contributed by atoms with Gasteiger partial charge < -0.3 is 14.8 Å². The highest BCUT2D eigenvalue weighted by molar-refractivity contribution is 7.18. The first-order chi connectivity index (χ1) is 17.8. The van der Waals surface area contributed by atoms with Gasteiger partial charge in [0.1, 0.15) is 5.01 Å². The first-order valence-electron chi connectivity index (χ1n) is 12.6. The Hall–Kier alpha value is -2.85. The molecule has 3 heterocycles. The minimum absolute atomic E-state index is 0.0313. The maximum Gasteiger partial charge on any atom is 0.418 e. The Balaban J connectivity index is 1.28. The molecule has 5 rings (SSSR count). The monoisotopic (exact) mass is 533 g/mol. The van der Waals surface area contributed by atoms with Crippen LogP contribution in [0.1, 0.15) is 60.0 Å². The topological polar surface area (TPSA) is 63.7 Å². The van der Waals surface area contributed by atoms with Gasteiger partial charge in [-0.3, -0.25) is 9.69 Å². The van der Waals surface area contributed by atoms with E-state index in [9.17, 15) is 18.0 Å². The summed E-state index contributed by atoms with van der Waals surface area (Å²) in [7, 11) is 1.55. The van der Waals surface area contributed by atoms with Crippen molar-refractivity contribution < 1.29 is 27.4 Å². The molecular formula is C27H30F3N3O3S.